The second kappa shape index (κ2) is 8.91. The number of carboxylic acid groups (broad SMARTS) is 1. The van der Waals surface area contributed by atoms with Crippen LogP contribution in [0.1, 0.15) is 16.8 Å². The molecule has 2 saturated heterocycles. The molecule has 6 nitrogen and oxygen atoms in total. The van der Waals surface area contributed by atoms with Crippen LogP contribution in [0.2, 0.25) is 0 Å². The van der Waals surface area contributed by atoms with Crippen molar-refractivity contribution >= 4 is 11.9 Å². The molecular weight excluding hydrogens is 377 g/mol. The van der Waals surface area contributed by atoms with Crippen LogP contribution in [0.5, 0.6) is 0 Å². The van der Waals surface area contributed by atoms with Crippen molar-refractivity contribution in [3.8, 4) is 0 Å². The number of carbonyl (C=O) groups excluding carboxylic acids is 1. The minimum absolute atomic E-state index is 0.165. The highest BCUT2D eigenvalue weighted by Gasteiger charge is 2.50. The van der Waals surface area contributed by atoms with Crippen LogP contribution in [0.15, 0.2) is 30.3 Å². The van der Waals surface area contributed by atoms with E-state index in [2.05, 4.69) is 11.9 Å². The molecule has 0 radical (unpaired) electrons. The Labute approximate surface area is 161 Å². The van der Waals surface area contributed by atoms with Crippen LogP contribution in [0.3, 0.4) is 0 Å². The molecule has 0 bridgehead atoms. The normalized spacial score (nSPS) is 24.9. The smallest absolute Gasteiger partial charge is 0.475 e. The van der Waals surface area contributed by atoms with Crippen LogP contribution in [-0.2, 0) is 9.53 Å². The van der Waals surface area contributed by atoms with E-state index in [1.807, 2.05) is 35.2 Å². The Morgan fingerprint density at radius 3 is 2.39 bits per heavy atom. The van der Waals surface area contributed by atoms with E-state index in [0.717, 1.165) is 44.8 Å². The average molecular weight is 402 g/mol. The van der Waals surface area contributed by atoms with Gasteiger partial charge in [0.2, 0.25) is 0 Å². The van der Waals surface area contributed by atoms with Crippen LogP contribution in [0.25, 0.3) is 0 Å². The fourth-order valence-corrected chi connectivity index (χ4v) is 4.03. The third-order valence-corrected chi connectivity index (χ3v) is 5.29. The van der Waals surface area contributed by atoms with Gasteiger partial charge in [0.1, 0.15) is 0 Å². The Bertz CT molecular complexity index is 684. The Kier molecular flexibility index (Phi) is 7.06. The summed E-state index contributed by atoms with van der Waals surface area (Å²) in [5.74, 6) is -2.06. The number of ether oxygens (including phenoxy) is 1. The van der Waals surface area contributed by atoms with Gasteiger partial charge in [0, 0.05) is 50.2 Å². The molecule has 2 fully saturated rings. The molecule has 0 unspecified atom stereocenters. The SMILES string of the molecule is COC[C@H]1CN(C)C[C@@]12CCN(C(=O)c1ccccc1)C2.O=C(O)C(F)(F)F. The number of halogens is 3. The van der Waals surface area contributed by atoms with Crippen molar-refractivity contribution < 1.29 is 32.6 Å². The molecule has 1 aromatic rings. The molecule has 0 saturated carbocycles. The maximum absolute atomic E-state index is 12.6. The summed E-state index contributed by atoms with van der Waals surface area (Å²) >= 11 is 0. The van der Waals surface area contributed by atoms with Crippen LogP contribution >= 0.6 is 0 Å². The highest BCUT2D eigenvalue weighted by molar-refractivity contribution is 5.94. The summed E-state index contributed by atoms with van der Waals surface area (Å²) in [5, 5.41) is 7.12. The minimum Gasteiger partial charge on any atom is -0.475 e. The largest absolute Gasteiger partial charge is 0.490 e. The van der Waals surface area contributed by atoms with E-state index in [9.17, 15) is 18.0 Å². The number of methoxy groups -OCH3 is 1. The number of carbonyl (C=O) groups is 2. The number of nitrogens with zero attached hydrogens (tertiary/aromatic N) is 2. The van der Waals surface area contributed by atoms with Crippen LogP contribution < -0.4 is 0 Å². The molecule has 0 aliphatic carbocycles. The number of hydrogen-bond donors (Lipinski definition) is 1. The van der Waals surface area contributed by atoms with Gasteiger partial charge in [-0.25, -0.2) is 4.79 Å². The summed E-state index contributed by atoms with van der Waals surface area (Å²) in [5.41, 5.74) is 1.01. The molecule has 28 heavy (non-hydrogen) atoms. The van der Waals surface area contributed by atoms with E-state index < -0.39 is 12.1 Å². The molecule has 1 N–H and O–H groups in total. The second-order valence-corrected chi connectivity index (χ2v) is 7.36. The first-order valence-electron chi connectivity index (χ1n) is 8.91. The number of hydrogen-bond acceptors (Lipinski definition) is 4. The van der Waals surface area contributed by atoms with Crippen molar-refractivity contribution in [2.24, 2.45) is 11.3 Å². The number of carboxylic acids is 1. The minimum atomic E-state index is -5.08. The lowest BCUT2D eigenvalue weighted by Gasteiger charge is -2.30. The topological polar surface area (TPSA) is 70.1 Å². The van der Waals surface area contributed by atoms with Crippen molar-refractivity contribution in [3.05, 3.63) is 35.9 Å². The van der Waals surface area contributed by atoms with E-state index in [1.165, 1.54) is 0 Å². The number of benzene rings is 1. The molecular formula is C19H25F3N2O4. The standard InChI is InChI=1S/C17H24N2O2.C2HF3O2/c1-18-10-15(11-21-2)17(12-18)8-9-19(13-17)16(20)14-6-4-3-5-7-14;3-2(4,5)1(6)7/h3-7,15H,8-13H2,1-2H3;(H,6,7)/t15-,17-;/m1./s1. The fraction of sp³-hybridized carbons (Fsp3) is 0.579. The van der Waals surface area contributed by atoms with Crippen molar-refractivity contribution in [2.45, 2.75) is 12.6 Å². The van der Waals surface area contributed by atoms with Crippen LogP contribution in [0.4, 0.5) is 13.2 Å². The van der Waals surface area contributed by atoms with Crippen LogP contribution in [0, 0.1) is 11.3 Å². The third-order valence-electron chi connectivity index (χ3n) is 5.29. The molecule has 1 spiro atoms. The molecule has 2 atom stereocenters. The van der Waals surface area contributed by atoms with E-state index >= 15 is 0 Å². The fourth-order valence-electron chi connectivity index (χ4n) is 4.03. The zero-order chi connectivity index (χ0) is 20.9. The van der Waals surface area contributed by atoms with Gasteiger partial charge >= 0.3 is 12.1 Å². The molecule has 9 heteroatoms. The van der Waals surface area contributed by atoms with E-state index in [1.54, 1.807) is 7.11 Å². The van der Waals surface area contributed by atoms with Crippen molar-refractivity contribution in [1.29, 1.82) is 0 Å². The summed E-state index contributed by atoms with van der Waals surface area (Å²) in [7, 11) is 3.94. The van der Waals surface area contributed by atoms with Gasteiger partial charge in [-0.3, -0.25) is 4.79 Å². The number of aliphatic carboxylic acids is 1. The monoisotopic (exact) mass is 402 g/mol. The summed E-state index contributed by atoms with van der Waals surface area (Å²) in [4.78, 5) is 25.9. The van der Waals surface area contributed by atoms with E-state index in [4.69, 9.17) is 14.6 Å². The van der Waals surface area contributed by atoms with E-state index in [0.29, 0.717) is 5.92 Å². The lowest BCUT2D eigenvalue weighted by Crippen LogP contribution is -2.38. The Morgan fingerprint density at radius 1 is 1.25 bits per heavy atom. The highest BCUT2D eigenvalue weighted by atomic mass is 19.4. The highest BCUT2D eigenvalue weighted by Crippen LogP contribution is 2.43. The molecule has 2 heterocycles. The predicted octanol–water partition coefficient (Wildman–Crippen LogP) is 2.36. The Balaban J connectivity index is 0.000000345. The van der Waals surface area contributed by atoms with Crippen LogP contribution in [-0.4, -0.2) is 79.9 Å². The second-order valence-electron chi connectivity index (χ2n) is 7.36. The quantitative estimate of drug-likeness (QED) is 0.841. The van der Waals surface area contributed by atoms with Crippen molar-refractivity contribution in [3.63, 3.8) is 0 Å². The molecule has 1 aromatic carbocycles. The summed E-state index contributed by atoms with van der Waals surface area (Å²) in [6, 6.07) is 9.61. The third kappa shape index (κ3) is 5.23. The lowest BCUT2D eigenvalue weighted by molar-refractivity contribution is -0.192. The molecule has 2 aliphatic heterocycles. The zero-order valence-electron chi connectivity index (χ0n) is 15.9. The first kappa shape index (κ1) is 22.2. The van der Waals surface area contributed by atoms with Crippen molar-refractivity contribution in [2.75, 3.05) is 46.9 Å². The molecule has 1 amide bonds. The van der Waals surface area contributed by atoms with Gasteiger partial charge in [-0.15, -0.1) is 0 Å². The van der Waals surface area contributed by atoms with E-state index in [-0.39, 0.29) is 11.3 Å². The number of alkyl halides is 3. The van der Waals surface area contributed by atoms with Gasteiger partial charge in [0.15, 0.2) is 0 Å². The van der Waals surface area contributed by atoms with Gasteiger partial charge < -0.3 is 19.6 Å². The predicted molar refractivity (Wildman–Crippen MR) is 95.9 cm³/mol. The first-order chi connectivity index (χ1) is 13.1. The maximum Gasteiger partial charge on any atom is 0.490 e. The van der Waals surface area contributed by atoms with Gasteiger partial charge in [0.25, 0.3) is 5.91 Å². The maximum atomic E-state index is 12.6. The molecule has 3 rings (SSSR count). The summed E-state index contributed by atoms with van der Waals surface area (Å²) in [6.07, 6.45) is -4.00. The Morgan fingerprint density at radius 2 is 1.86 bits per heavy atom. The molecule has 0 aromatic heterocycles. The van der Waals surface area contributed by atoms with Gasteiger partial charge in [-0.2, -0.15) is 13.2 Å². The average Bonchev–Trinajstić information content (AvgIpc) is 3.19. The van der Waals surface area contributed by atoms with Gasteiger partial charge in [-0.05, 0) is 25.6 Å². The van der Waals surface area contributed by atoms with Gasteiger partial charge in [0.05, 0.1) is 6.61 Å². The summed E-state index contributed by atoms with van der Waals surface area (Å²) < 4.78 is 37.1. The Hall–Kier alpha value is -2.13. The van der Waals surface area contributed by atoms with Crippen molar-refractivity contribution in [1.82, 2.24) is 9.80 Å². The van der Waals surface area contributed by atoms with Gasteiger partial charge in [-0.1, -0.05) is 18.2 Å². The molecule has 156 valence electrons. The molecule has 2 aliphatic rings. The number of rotatable bonds is 3. The number of amides is 1. The number of likely N-dealkylation sites (tertiary alicyclic amines) is 2. The lowest BCUT2D eigenvalue weighted by atomic mass is 9.77. The summed E-state index contributed by atoms with van der Waals surface area (Å²) in [6.45, 7) is 4.65. The first-order valence-corrected chi connectivity index (χ1v) is 8.91. The zero-order valence-corrected chi connectivity index (χ0v) is 15.9.